The predicted octanol–water partition coefficient (Wildman–Crippen LogP) is 2.18. The molecule has 0 spiro atoms. The summed E-state index contributed by atoms with van der Waals surface area (Å²) in [5, 5.41) is 17.1. The van der Waals surface area contributed by atoms with Gasteiger partial charge in [-0.3, -0.25) is 0 Å². The normalized spacial score (nSPS) is 10.9. The molecule has 108 valence electrons. The molecule has 0 saturated carbocycles. The van der Waals surface area contributed by atoms with Crippen LogP contribution in [-0.2, 0) is 10.0 Å². The lowest BCUT2D eigenvalue weighted by atomic mass is 10.2. The van der Waals surface area contributed by atoms with Crippen molar-refractivity contribution in [3.8, 4) is 6.07 Å². The topological polar surface area (TPSA) is 122 Å². The van der Waals surface area contributed by atoms with Gasteiger partial charge in [0.05, 0.1) is 33.7 Å². The Labute approximate surface area is 127 Å². The zero-order valence-corrected chi connectivity index (χ0v) is 12.2. The van der Waals surface area contributed by atoms with Crippen LogP contribution in [0.4, 0.5) is 17.1 Å². The fourth-order valence-corrected chi connectivity index (χ4v) is 2.64. The lowest BCUT2D eigenvalue weighted by molar-refractivity contribution is 0.598. The van der Waals surface area contributed by atoms with Crippen molar-refractivity contribution in [3.63, 3.8) is 0 Å². The Hall–Kier alpha value is -2.27. The van der Waals surface area contributed by atoms with E-state index in [1.807, 2.05) is 6.07 Å². The van der Waals surface area contributed by atoms with Crippen molar-refractivity contribution in [1.29, 1.82) is 5.26 Å². The highest BCUT2D eigenvalue weighted by Gasteiger charge is 2.15. The van der Waals surface area contributed by atoms with Crippen LogP contribution in [0.3, 0.4) is 0 Å². The predicted molar refractivity (Wildman–Crippen MR) is 81.7 cm³/mol. The van der Waals surface area contributed by atoms with Gasteiger partial charge in [-0.1, -0.05) is 17.7 Å². The van der Waals surface area contributed by atoms with Crippen molar-refractivity contribution < 1.29 is 8.42 Å². The highest BCUT2D eigenvalue weighted by molar-refractivity contribution is 7.89. The van der Waals surface area contributed by atoms with Crippen LogP contribution in [0.25, 0.3) is 0 Å². The molecule has 0 fully saturated rings. The molecule has 0 heterocycles. The zero-order chi connectivity index (χ0) is 15.6. The van der Waals surface area contributed by atoms with Gasteiger partial charge in [0.15, 0.2) is 0 Å². The first kappa shape index (κ1) is 15.1. The maximum Gasteiger partial charge on any atom is 0.240 e. The van der Waals surface area contributed by atoms with Crippen molar-refractivity contribution in [1.82, 2.24) is 0 Å². The molecule has 21 heavy (non-hydrogen) atoms. The third kappa shape index (κ3) is 3.25. The number of halogens is 1. The summed E-state index contributed by atoms with van der Waals surface area (Å²) in [5.41, 5.74) is 7.07. The molecule has 2 rings (SSSR count). The van der Waals surface area contributed by atoms with E-state index < -0.39 is 10.0 Å². The van der Waals surface area contributed by atoms with Crippen molar-refractivity contribution >= 4 is 38.7 Å². The molecule has 0 unspecified atom stereocenters. The van der Waals surface area contributed by atoms with Crippen LogP contribution < -0.4 is 16.2 Å². The van der Waals surface area contributed by atoms with Gasteiger partial charge in [-0.2, -0.15) is 5.26 Å². The molecule has 2 aromatic rings. The molecule has 0 bridgehead atoms. The minimum Gasteiger partial charge on any atom is -0.396 e. The Morgan fingerprint density at radius 1 is 1.19 bits per heavy atom. The van der Waals surface area contributed by atoms with E-state index in [9.17, 15) is 8.42 Å². The molecule has 0 aliphatic carbocycles. The van der Waals surface area contributed by atoms with E-state index >= 15 is 0 Å². The second kappa shape index (κ2) is 5.61. The summed E-state index contributed by atoms with van der Waals surface area (Å²) in [5.74, 6) is 0. The van der Waals surface area contributed by atoms with Crippen molar-refractivity contribution in [2.45, 2.75) is 4.90 Å². The number of nitriles is 1. The molecule has 0 aromatic heterocycles. The van der Waals surface area contributed by atoms with Crippen LogP contribution in [0.15, 0.2) is 41.3 Å². The average molecular weight is 323 g/mol. The number of hydrogen-bond donors (Lipinski definition) is 3. The Morgan fingerprint density at radius 2 is 1.90 bits per heavy atom. The van der Waals surface area contributed by atoms with Crippen LogP contribution in [0.1, 0.15) is 5.56 Å². The Kier molecular flexibility index (Phi) is 4.04. The van der Waals surface area contributed by atoms with Gasteiger partial charge in [-0.15, -0.1) is 0 Å². The Morgan fingerprint density at radius 3 is 2.48 bits per heavy atom. The second-order valence-corrected chi connectivity index (χ2v) is 6.13. The lowest BCUT2D eigenvalue weighted by Crippen LogP contribution is -2.15. The molecule has 0 saturated heterocycles. The lowest BCUT2D eigenvalue weighted by Gasteiger charge is -2.13. The first-order valence-electron chi connectivity index (χ1n) is 5.71. The quantitative estimate of drug-likeness (QED) is 0.747. The Bertz CT molecular complexity index is 844. The molecule has 0 atom stereocenters. The fourth-order valence-electron chi connectivity index (χ4n) is 1.73. The van der Waals surface area contributed by atoms with E-state index in [0.29, 0.717) is 22.0 Å². The maximum absolute atomic E-state index is 11.4. The number of nitrogen functional groups attached to an aromatic ring is 1. The number of sulfonamides is 1. The van der Waals surface area contributed by atoms with Gasteiger partial charge in [-0.25, -0.2) is 13.6 Å². The number of benzene rings is 2. The maximum atomic E-state index is 11.4. The molecule has 0 aliphatic rings. The van der Waals surface area contributed by atoms with E-state index in [-0.39, 0.29) is 10.6 Å². The number of nitrogens with one attached hydrogen (secondary N) is 1. The number of hydrogen-bond acceptors (Lipinski definition) is 5. The van der Waals surface area contributed by atoms with E-state index in [0.717, 1.165) is 0 Å². The summed E-state index contributed by atoms with van der Waals surface area (Å²) in [4.78, 5) is -0.169. The van der Waals surface area contributed by atoms with Crippen LogP contribution in [-0.4, -0.2) is 8.42 Å². The number of nitrogens with zero attached hydrogens (tertiary/aromatic N) is 1. The van der Waals surface area contributed by atoms with Crippen LogP contribution in [0, 0.1) is 11.3 Å². The van der Waals surface area contributed by atoms with Gasteiger partial charge in [0, 0.05) is 0 Å². The van der Waals surface area contributed by atoms with Crippen molar-refractivity contribution in [2.24, 2.45) is 5.14 Å². The molecule has 6 nitrogen and oxygen atoms in total. The summed E-state index contributed by atoms with van der Waals surface area (Å²) < 4.78 is 22.8. The Balaban J connectivity index is 2.44. The number of rotatable bonds is 3. The first-order valence-corrected chi connectivity index (χ1v) is 7.63. The second-order valence-electron chi connectivity index (χ2n) is 4.19. The molecule has 0 amide bonds. The summed E-state index contributed by atoms with van der Waals surface area (Å²) in [6, 6.07) is 11.1. The molecule has 5 N–H and O–H groups in total. The van der Waals surface area contributed by atoms with Gasteiger partial charge in [0.25, 0.3) is 0 Å². The SMILES string of the molecule is N#Cc1ccc(Nc2cccc(S(N)(=O)=O)c2N)c(Cl)c1. The smallest absolute Gasteiger partial charge is 0.240 e. The van der Waals surface area contributed by atoms with E-state index in [4.69, 9.17) is 27.7 Å². The summed E-state index contributed by atoms with van der Waals surface area (Å²) >= 11 is 6.04. The minimum atomic E-state index is -3.91. The van der Waals surface area contributed by atoms with Crippen LogP contribution in [0.2, 0.25) is 5.02 Å². The number of para-hydroxylation sites is 1. The molecular weight excluding hydrogens is 312 g/mol. The summed E-state index contributed by atoms with van der Waals surface area (Å²) in [7, 11) is -3.91. The van der Waals surface area contributed by atoms with E-state index in [1.165, 1.54) is 18.2 Å². The highest BCUT2D eigenvalue weighted by atomic mass is 35.5. The van der Waals surface area contributed by atoms with Gasteiger partial charge >= 0.3 is 0 Å². The third-order valence-corrected chi connectivity index (χ3v) is 4.02. The van der Waals surface area contributed by atoms with Gasteiger partial charge in [0.1, 0.15) is 4.90 Å². The number of anilines is 3. The number of primary sulfonamides is 1. The van der Waals surface area contributed by atoms with Crippen molar-refractivity contribution in [2.75, 3.05) is 11.1 Å². The van der Waals surface area contributed by atoms with Crippen LogP contribution in [0.5, 0.6) is 0 Å². The first-order chi connectivity index (χ1) is 9.82. The van der Waals surface area contributed by atoms with Gasteiger partial charge < -0.3 is 11.1 Å². The third-order valence-electron chi connectivity index (χ3n) is 2.74. The standard InChI is InChI=1S/C13H11ClN4O2S/c14-9-6-8(7-15)4-5-10(9)18-11-2-1-3-12(13(11)16)21(17,19)20/h1-6,18H,16H2,(H2,17,19,20). The molecule has 8 heteroatoms. The van der Waals surface area contributed by atoms with Crippen molar-refractivity contribution in [3.05, 3.63) is 47.0 Å². The van der Waals surface area contributed by atoms with Gasteiger partial charge in [0.2, 0.25) is 10.0 Å². The summed E-state index contributed by atoms with van der Waals surface area (Å²) in [6.07, 6.45) is 0. The van der Waals surface area contributed by atoms with E-state index in [1.54, 1.807) is 18.2 Å². The fraction of sp³-hybridized carbons (Fsp3) is 0. The summed E-state index contributed by atoms with van der Waals surface area (Å²) in [6.45, 7) is 0. The molecule has 0 radical (unpaired) electrons. The largest absolute Gasteiger partial charge is 0.396 e. The molecule has 0 aliphatic heterocycles. The van der Waals surface area contributed by atoms with E-state index in [2.05, 4.69) is 5.32 Å². The highest BCUT2D eigenvalue weighted by Crippen LogP contribution is 2.31. The number of nitrogens with two attached hydrogens (primary N) is 2. The minimum absolute atomic E-state index is 0.000395. The molecular formula is C13H11ClN4O2S. The van der Waals surface area contributed by atoms with Crippen LogP contribution >= 0.6 is 11.6 Å². The zero-order valence-electron chi connectivity index (χ0n) is 10.7. The van der Waals surface area contributed by atoms with Gasteiger partial charge in [-0.05, 0) is 30.3 Å². The monoisotopic (exact) mass is 322 g/mol. The average Bonchev–Trinajstić information content (AvgIpc) is 2.41. The molecule has 2 aromatic carbocycles.